The molecule has 4 rings (SSSR count). The van der Waals surface area contributed by atoms with E-state index in [2.05, 4.69) is 20.4 Å². The Kier molecular flexibility index (Phi) is 10.1. The van der Waals surface area contributed by atoms with Gasteiger partial charge < -0.3 is 20.1 Å². The number of alkyl halides is 4. The summed E-state index contributed by atoms with van der Waals surface area (Å²) in [6.45, 7) is 1.85. The van der Waals surface area contributed by atoms with Crippen molar-refractivity contribution in [1.29, 1.82) is 0 Å². The van der Waals surface area contributed by atoms with Crippen LogP contribution in [0.15, 0.2) is 66.9 Å². The molecule has 1 aromatic heterocycles. The Bertz CT molecular complexity index is 1410. The Labute approximate surface area is 249 Å². The molecule has 0 unspecified atom stereocenters. The van der Waals surface area contributed by atoms with Gasteiger partial charge >= 0.3 is 24.5 Å². The molecule has 0 spiro atoms. The summed E-state index contributed by atoms with van der Waals surface area (Å²) in [6.07, 6.45) is -6.26. The van der Waals surface area contributed by atoms with Gasteiger partial charge in [-0.05, 0) is 55.2 Å². The molecule has 230 valence electrons. The minimum absolute atomic E-state index is 0.0873. The van der Waals surface area contributed by atoms with Crippen molar-refractivity contribution < 1.29 is 41.0 Å². The van der Waals surface area contributed by atoms with Gasteiger partial charge in [0.2, 0.25) is 0 Å². The lowest BCUT2D eigenvalue weighted by Gasteiger charge is -2.36. The van der Waals surface area contributed by atoms with E-state index in [0.29, 0.717) is 30.9 Å². The average Bonchev–Trinajstić information content (AvgIpc) is 3.41. The molecule has 0 radical (unpaired) electrons. The number of carbonyl (C=O) groups is 2. The van der Waals surface area contributed by atoms with Crippen molar-refractivity contribution in [3.05, 3.63) is 94.5 Å². The predicted octanol–water partition coefficient (Wildman–Crippen LogP) is 6.63. The molecule has 2 N–H and O–H groups in total. The highest BCUT2D eigenvalue weighted by molar-refractivity contribution is 6.30. The molecule has 3 aromatic rings. The highest BCUT2D eigenvalue weighted by Crippen LogP contribution is 2.37. The first-order valence-corrected chi connectivity index (χ1v) is 13.9. The van der Waals surface area contributed by atoms with Crippen LogP contribution in [0.2, 0.25) is 5.02 Å². The Hall–Kier alpha value is -3.93. The standard InChI is InChI=1S/C30H29ClF5N3O4/c1-2-42-26(40)23-9-6-10-24(23)38-28(41)39-29(16-18-7-4-3-5-8-18,25-12-11-20(31)17-37-25)19-13-21(32)15-22(14-19)43-30(35,36)27(33)34/h3-5,7-8,11-15,17,23-24,27H,2,6,9-10,16H2,1H3,(H2,38,39,41)/t23-,24+,29-/m0/s1. The largest absolute Gasteiger partial charge is 0.466 e. The molecule has 0 aliphatic heterocycles. The topological polar surface area (TPSA) is 89.5 Å². The highest BCUT2D eigenvalue weighted by atomic mass is 35.5. The SMILES string of the molecule is CCOC(=O)[C@H]1CCC[C@H]1NC(=O)N[C@@](Cc1ccccc1)(c1cc(F)cc(OC(F)(F)C(F)F)c1)c1ccc(Cl)cn1. The maximum Gasteiger partial charge on any atom is 0.461 e. The van der Waals surface area contributed by atoms with Crippen LogP contribution in [0, 0.1) is 11.7 Å². The van der Waals surface area contributed by atoms with Gasteiger partial charge in [0.05, 0.1) is 23.2 Å². The minimum Gasteiger partial charge on any atom is -0.466 e. The van der Waals surface area contributed by atoms with Crippen molar-refractivity contribution in [1.82, 2.24) is 15.6 Å². The first kappa shape index (κ1) is 32.0. The van der Waals surface area contributed by atoms with E-state index in [0.717, 1.165) is 12.1 Å². The van der Waals surface area contributed by atoms with E-state index >= 15 is 0 Å². The smallest absolute Gasteiger partial charge is 0.461 e. The number of hydrogen-bond donors (Lipinski definition) is 2. The van der Waals surface area contributed by atoms with Crippen molar-refractivity contribution in [3.63, 3.8) is 0 Å². The monoisotopic (exact) mass is 625 g/mol. The number of amides is 2. The number of nitrogens with one attached hydrogen (secondary N) is 2. The number of hydrogen-bond acceptors (Lipinski definition) is 5. The summed E-state index contributed by atoms with van der Waals surface area (Å²) >= 11 is 6.07. The molecular formula is C30H29ClF5N3O4. The maximum atomic E-state index is 15.0. The van der Waals surface area contributed by atoms with Crippen LogP contribution in [0.5, 0.6) is 5.75 Å². The van der Waals surface area contributed by atoms with Crippen LogP contribution in [-0.2, 0) is 21.5 Å². The van der Waals surface area contributed by atoms with Crippen LogP contribution in [0.4, 0.5) is 26.7 Å². The van der Waals surface area contributed by atoms with Gasteiger partial charge in [-0.3, -0.25) is 9.78 Å². The zero-order chi connectivity index (χ0) is 31.2. The third-order valence-electron chi connectivity index (χ3n) is 7.10. The molecule has 0 bridgehead atoms. The lowest BCUT2D eigenvalue weighted by molar-refractivity contribution is -0.253. The number of ether oxygens (including phenoxy) is 2. The van der Waals surface area contributed by atoms with Crippen LogP contribution in [0.3, 0.4) is 0 Å². The number of esters is 1. The van der Waals surface area contributed by atoms with Gasteiger partial charge in [-0.15, -0.1) is 0 Å². The maximum absolute atomic E-state index is 15.0. The second-order valence-corrected chi connectivity index (χ2v) is 10.5. The number of nitrogens with zero attached hydrogens (tertiary/aromatic N) is 1. The third kappa shape index (κ3) is 7.73. The molecule has 43 heavy (non-hydrogen) atoms. The Morgan fingerprint density at radius 3 is 2.49 bits per heavy atom. The first-order valence-electron chi connectivity index (χ1n) is 13.5. The van der Waals surface area contributed by atoms with Gasteiger partial charge in [-0.2, -0.15) is 17.6 Å². The predicted molar refractivity (Wildman–Crippen MR) is 148 cm³/mol. The quantitative estimate of drug-likeness (QED) is 0.185. The van der Waals surface area contributed by atoms with Crippen LogP contribution >= 0.6 is 11.6 Å². The number of rotatable bonds is 11. The van der Waals surface area contributed by atoms with E-state index < -0.39 is 53.6 Å². The van der Waals surface area contributed by atoms with Crippen LogP contribution in [0.1, 0.15) is 43.0 Å². The molecule has 3 atom stereocenters. The number of benzene rings is 2. The fraction of sp³-hybridized carbons (Fsp3) is 0.367. The lowest BCUT2D eigenvalue weighted by atomic mass is 9.80. The number of halogens is 6. The van der Waals surface area contributed by atoms with Gasteiger partial charge in [-0.25, -0.2) is 9.18 Å². The van der Waals surface area contributed by atoms with Crippen molar-refractivity contribution in [2.24, 2.45) is 5.92 Å². The number of aromatic nitrogens is 1. The van der Waals surface area contributed by atoms with Crippen LogP contribution in [0.25, 0.3) is 0 Å². The molecule has 1 saturated carbocycles. The Morgan fingerprint density at radius 1 is 1.09 bits per heavy atom. The molecule has 1 fully saturated rings. The van der Waals surface area contributed by atoms with Gasteiger partial charge in [0.15, 0.2) is 0 Å². The van der Waals surface area contributed by atoms with Crippen molar-refractivity contribution in [2.45, 2.75) is 56.7 Å². The van der Waals surface area contributed by atoms with E-state index in [1.807, 2.05) is 0 Å². The van der Waals surface area contributed by atoms with E-state index in [4.69, 9.17) is 16.3 Å². The molecule has 13 heteroatoms. The normalized spacial score (nSPS) is 18.1. The number of carbonyl (C=O) groups excluding carboxylic acids is 2. The van der Waals surface area contributed by atoms with Crippen molar-refractivity contribution >= 4 is 23.6 Å². The molecule has 0 saturated heterocycles. The molecule has 1 aliphatic carbocycles. The van der Waals surface area contributed by atoms with E-state index in [-0.39, 0.29) is 29.3 Å². The van der Waals surface area contributed by atoms with E-state index in [1.54, 1.807) is 37.3 Å². The summed E-state index contributed by atoms with van der Waals surface area (Å²) in [6, 6.07) is 12.6. The average molecular weight is 626 g/mol. The lowest BCUT2D eigenvalue weighted by Crippen LogP contribution is -2.55. The highest BCUT2D eigenvalue weighted by Gasteiger charge is 2.45. The van der Waals surface area contributed by atoms with Crippen molar-refractivity contribution in [3.8, 4) is 5.75 Å². The van der Waals surface area contributed by atoms with Gasteiger partial charge in [0.25, 0.3) is 0 Å². The van der Waals surface area contributed by atoms with E-state index in [1.165, 1.54) is 18.3 Å². The zero-order valence-corrected chi connectivity index (χ0v) is 23.7. The second-order valence-electron chi connectivity index (χ2n) is 10.1. The molecule has 7 nitrogen and oxygen atoms in total. The summed E-state index contributed by atoms with van der Waals surface area (Å²) < 4.78 is 78.0. The van der Waals surface area contributed by atoms with Gasteiger partial charge in [-0.1, -0.05) is 48.4 Å². The summed E-state index contributed by atoms with van der Waals surface area (Å²) in [4.78, 5) is 30.5. The second kappa shape index (κ2) is 13.6. The fourth-order valence-electron chi connectivity index (χ4n) is 5.18. The molecule has 1 heterocycles. The van der Waals surface area contributed by atoms with Gasteiger partial charge in [0, 0.05) is 24.7 Å². The molecule has 1 aliphatic rings. The first-order chi connectivity index (χ1) is 20.4. The summed E-state index contributed by atoms with van der Waals surface area (Å²) in [5.41, 5.74) is -1.15. The molecule has 2 aromatic carbocycles. The van der Waals surface area contributed by atoms with Crippen LogP contribution < -0.4 is 15.4 Å². The molecule has 2 amide bonds. The summed E-state index contributed by atoms with van der Waals surface area (Å²) in [5.74, 6) is -3.03. The molecular weight excluding hydrogens is 597 g/mol. The minimum atomic E-state index is -4.92. The van der Waals surface area contributed by atoms with Gasteiger partial charge in [0.1, 0.15) is 17.1 Å². The fourth-order valence-corrected chi connectivity index (χ4v) is 5.30. The Morgan fingerprint density at radius 2 is 1.84 bits per heavy atom. The summed E-state index contributed by atoms with van der Waals surface area (Å²) in [7, 11) is 0. The van der Waals surface area contributed by atoms with Crippen molar-refractivity contribution in [2.75, 3.05) is 6.61 Å². The Balaban J connectivity index is 1.82. The summed E-state index contributed by atoms with van der Waals surface area (Å²) in [5, 5.41) is 5.86. The number of urea groups is 1. The van der Waals surface area contributed by atoms with E-state index in [9.17, 15) is 31.5 Å². The van der Waals surface area contributed by atoms with Crippen LogP contribution in [-0.4, -0.2) is 42.2 Å². The number of pyridine rings is 1. The zero-order valence-electron chi connectivity index (χ0n) is 23.0. The third-order valence-corrected chi connectivity index (χ3v) is 7.32.